The lowest BCUT2D eigenvalue weighted by molar-refractivity contribution is 0.102. The fraction of sp³-hybridized carbons (Fsp3) is 0.133. The highest BCUT2D eigenvalue weighted by Crippen LogP contribution is 2.15. The summed E-state index contributed by atoms with van der Waals surface area (Å²) in [6, 6.07) is 15.3. The summed E-state index contributed by atoms with van der Waals surface area (Å²) in [6.07, 6.45) is 0. The van der Waals surface area contributed by atoms with E-state index < -0.39 is 0 Å². The van der Waals surface area contributed by atoms with Crippen molar-refractivity contribution in [1.29, 1.82) is 0 Å². The van der Waals surface area contributed by atoms with Gasteiger partial charge in [0.25, 0.3) is 5.91 Å². The Morgan fingerprint density at radius 3 is 2.47 bits per heavy atom. The summed E-state index contributed by atoms with van der Waals surface area (Å²) in [5.41, 5.74) is 3.70. The number of hydrogen-bond donors (Lipinski definition) is 1. The zero-order chi connectivity index (χ0) is 12.3. The van der Waals surface area contributed by atoms with Gasteiger partial charge >= 0.3 is 0 Å². The largest absolute Gasteiger partial charge is 0.322 e. The molecule has 2 nitrogen and oxygen atoms in total. The van der Waals surface area contributed by atoms with Gasteiger partial charge in [0.2, 0.25) is 0 Å². The lowest BCUT2D eigenvalue weighted by Gasteiger charge is -2.08. The zero-order valence-electron chi connectivity index (χ0n) is 10.0. The molecule has 0 heterocycles. The Morgan fingerprint density at radius 2 is 1.76 bits per heavy atom. The number of rotatable bonds is 2. The van der Waals surface area contributed by atoms with Crippen molar-refractivity contribution in [3.8, 4) is 0 Å². The summed E-state index contributed by atoms with van der Waals surface area (Å²) in [4.78, 5) is 12.0. The highest BCUT2D eigenvalue weighted by Gasteiger charge is 2.06. The van der Waals surface area contributed by atoms with Gasteiger partial charge in [-0.05, 0) is 37.6 Å². The number of aryl methyl sites for hydroxylation is 2. The first-order chi connectivity index (χ1) is 8.16. The molecule has 0 saturated heterocycles. The van der Waals surface area contributed by atoms with Gasteiger partial charge in [-0.2, -0.15) is 0 Å². The Kier molecular flexibility index (Phi) is 3.24. The number of anilines is 1. The minimum atomic E-state index is -0.0667. The molecule has 86 valence electrons. The van der Waals surface area contributed by atoms with Crippen LogP contribution >= 0.6 is 0 Å². The van der Waals surface area contributed by atoms with Gasteiger partial charge in [-0.25, -0.2) is 0 Å². The highest BCUT2D eigenvalue weighted by molar-refractivity contribution is 6.04. The number of para-hydroxylation sites is 1. The van der Waals surface area contributed by atoms with Crippen LogP contribution in [0.3, 0.4) is 0 Å². The fourth-order valence-corrected chi connectivity index (χ4v) is 1.69. The van der Waals surface area contributed by atoms with Gasteiger partial charge in [0, 0.05) is 11.3 Å². The van der Waals surface area contributed by atoms with Gasteiger partial charge in [0.05, 0.1) is 0 Å². The summed E-state index contributed by atoms with van der Waals surface area (Å²) >= 11 is 0. The van der Waals surface area contributed by atoms with E-state index in [1.807, 2.05) is 62.4 Å². The molecule has 0 spiro atoms. The smallest absolute Gasteiger partial charge is 0.255 e. The zero-order valence-corrected chi connectivity index (χ0v) is 10.0. The molecule has 0 aliphatic carbocycles. The molecule has 1 amide bonds. The van der Waals surface area contributed by atoms with Crippen molar-refractivity contribution in [2.24, 2.45) is 0 Å². The minimum absolute atomic E-state index is 0.0667. The molecule has 0 bridgehead atoms. The average molecular weight is 225 g/mol. The quantitative estimate of drug-likeness (QED) is 0.832. The Labute approximate surface area is 101 Å². The minimum Gasteiger partial charge on any atom is -0.322 e. The molecule has 0 radical (unpaired) electrons. The average Bonchev–Trinajstić information content (AvgIpc) is 2.32. The van der Waals surface area contributed by atoms with Crippen LogP contribution in [0.1, 0.15) is 21.5 Å². The van der Waals surface area contributed by atoms with Crippen LogP contribution in [0.4, 0.5) is 5.69 Å². The van der Waals surface area contributed by atoms with Crippen molar-refractivity contribution in [2.75, 3.05) is 5.32 Å². The summed E-state index contributed by atoms with van der Waals surface area (Å²) in [5, 5.41) is 2.91. The van der Waals surface area contributed by atoms with Crippen LogP contribution < -0.4 is 5.32 Å². The van der Waals surface area contributed by atoms with E-state index in [9.17, 15) is 4.79 Å². The highest BCUT2D eigenvalue weighted by atomic mass is 16.1. The number of hydrogen-bond acceptors (Lipinski definition) is 1. The molecule has 0 aliphatic rings. The third-order valence-electron chi connectivity index (χ3n) is 2.67. The van der Waals surface area contributed by atoms with E-state index in [2.05, 4.69) is 5.32 Å². The first kappa shape index (κ1) is 11.4. The second-order valence-corrected chi connectivity index (χ2v) is 4.14. The van der Waals surface area contributed by atoms with Gasteiger partial charge < -0.3 is 5.32 Å². The molecule has 0 aromatic heterocycles. The number of carbonyl (C=O) groups excluding carboxylic acids is 1. The third kappa shape index (κ3) is 2.72. The maximum Gasteiger partial charge on any atom is 0.255 e. The van der Waals surface area contributed by atoms with Crippen molar-refractivity contribution in [3.05, 3.63) is 65.2 Å². The number of nitrogens with one attached hydrogen (secondary N) is 1. The normalized spacial score (nSPS) is 10.0. The molecule has 2 rings (SSSR count). The van der Waals surface area contributed by atoms with Gasteiger partial charge in [-0.3, -0.25) is 4.79 Å². The molecular formula is C15H15NO. The van der Waals surface area contributed by atoms with Crippen LogP contribution in [0.25, 0.3) is 0 Å². The predicted molar refractivity (Wildman–Crippen MR) is 70.3 cm³/mol. The number of carbonyl (C=O) groups is 1. The SMILES string of the molecule is Cc1cccc(C(=O)Nc2ccccc2C)c1. The third-order valence-corrected chi connectivity index (χ3v) is 2.67. The molecule has 1 N–H and O–H groups in total. The van der Waals surface area contributed by atoms with E-state index in [1.54, 1.807) is 0 Å². The molecule has 0 saturated carbocycles. The van der Waals surface area contributed by atoms with Crippen molar-refractivity contribution < 1.29 is 4.79 Å². The number of amides is 1. The van der Waals surface area contributed by atoms with Gasteiger partial charge in [0.1, 0.15) is 0 Å². The fourth-order valence-electron chi connectivity index (χ4n) is 1.69. The van der Waals surface area contributed by atoms with Gasteiger partial charge in [-0.15, -0.1) is 0 Å². The molecule has 2 aromatic carbocycles. The predicted octanol–water partition coefficient (Wildman–Crippen LogP) is 3.56. The van der Waals surface area contributed by atoms with Crippen LogP contribution in [0.15, 0.2) is 48.5 Å². The second kappa shape index (κ2) is 4.83. The van der Waals surface area contributed by atoms with Gasteiger partial charge in [-0.1, -0.05) is 35.9 Å². The van der Waals surface area contributed by atoms with Crippen molar-refractivity contribution >= 4 is 11.6 Å². The second-order valence-electron chi connectivity index (χ2n) is 4.14. The Balaban J connectivity index is 2.20. The van der Waals surface area contributed by atoms with Crippen LogP contribution in [-0.2, 0) is 0 Å². The lowest BCUT2D eigenvalue weighted by Crippen LogP contribution is -2.12. The molecule has 0 fully saturated rings. The molecule has 0 unspecified atom stereocenters. The first-order valence-corrected chi connectivity index (χ1v) is 5.60. The Hall–Kier alpha value is -2.09. The standard InChI is InChI=1S/C15H15NO/c1-11-6-5-8-13(10-11)15(17)16-14-9-4-3-7-12(14)2/h3-10H,1-2H3,(H,16,17). The van der Waals surface area contributed by atoms with Crippen LogP contribution in [0.2, 0.25) is 0 Å². The first-order valence-electron chi connectivity index (χ1n) is 5.60. The van der Waals surface area contributed by atoms with E-state index in [4.69, 9.17) is 0 Å². The van der Waals surface area contributed by atoms with E-state index in [1.165, 1.54) is 0 Å². The Morgan fingerprint density at radius 1 is 1.00 bits per heavy atom. The lowest BCUT2D eigenvalue weighted by atomic mass is 10.1. The summed E-state index contributed by atoms with van der Waals surface area (Å²) in [6.45, 7) is 3.95. The molecule has 17 heavy (non-hydrogen) atoms. The number of benzene rings is 2. The monoisotopic (exact) mass is 225 g/mol. The van der Waals surface area contributed by atoms with Gasteiger partial charge in [0.15, 0.2) is 0 Å². The Bertz CT molecular complexity index is 546. The summed E-state index contributed by atoms with van der Waals surface area (Å²) in [7, 11) is 0. The van der Waals surface area contributed by atoms with Crippen LogP contribution in [0.5, 0.6) is 0 Å². The van der Waals surface area contributed by atoms with E-state index in [0.29, 0.717) is 5.56 Å². The maximum atomic E-state index is 12.0. The van der Waals surface area contributed by atoms with E-state index in [0.717, 1.165) is 16.8 Å². The molecule has 2 heteroatoms. The van der Waals surface area contributed by atoms with E-state index >= 15 is 0 Å². The van der Waals surface area contributed by atoms with Crippen molar-refractivity contribution in [2.45, 2.75) is 13.8 Å². The summed E-state index contributed by atoms with van der Waals surface area (Å²) < 4.78 is 0. The summed E-state index contributed by atoms with van der Waals surface area (Å²) in [5.74, 6) is -0.0667. The molecule has 0 aliphatic heterocycles. The molecule has 2 aromatic rings. The topological polar surface area (TPSA) is 29.1 Å². The van der Waals surface area contributed by atoms with Crippen molar-refractivity contribution in [1.82, 2.24) is 0 Å². The maximum absolute atomic E-state index is 12.0. The molecule has 0 atom stereocenters. The van der Waals surface area contributed by atoms with Crippen LogP contribution in [-0.4, -0.2) is 5.91 Å². The van der Waals surface area contributed by atoms with Crippen LogP contribution in [0, 0.1) is 13.8 Å². The van der Waals surface area contributed by atoms with Crippen molar-refractivity contribution in [3.63, 3.8) is 0 Å². The van der Waals surface area contributed by atoms with E-state index in [-0.39, 0.29) is 5.91 Å². The molecular weight excluding hydrogens is 210 g/mol.